The van der Waals surface area contributed by atoms with Crippen molar-refractivity contribution >= 4 is 40.7 Å². The Hall–Kier alpha value is -1.34. The molecule has 0 unspecified atom stereocenters. The first-order valence-electron chi connectivity index (χ1n) is 10.5. The number of hydrogen-bond donors (Lipinski definition) is 2. The van der Waals surface area contributed by atoms with Gasteiger partial charge in [0.15, 0.2) is 5.96 Å². The quantitative estimate of drug-likeness (QED) is 0.375. The minimum Gasteiger partial charge on any atom is -0.354 e. The Bertz CT molecular complexity index is 772. The zero-order valence-electron chi connectivity index (χ0n) is 16.9. The van der Waals surface area contributed by atoms with E-state index in [2.05, 4.69) is 63.0 Å². The molecule has 2 N–H and O–H groups in total. The fraction of sp³-hybridized carbons (Fsp3) is 0.522. The number of halogens is 1. The van der Waals surface area contributed by atoms with E-state index in [0.29, 0.717) is 6.04 Å². The zero-order chi connectivity index (χ0) is 18.5. The maximum atomic E-state index is 4.45. The molecule has 1 heterocycles. The highest BCUT2D eigenvalue weighted by molar-refractivity contribution is 14.0. The molecule has 0 bridgehead atoms. The van der Waals surface area contributed by atoms with Gasteiger partial charge in [-0.2, -0.15) is 0 Å². The summed E-state index contributed by atoms with van der Waals surface area (Å²) in [6, 6.07) is 16.5. The Balaban J connectivity index is 0.00000225. The lowest BCUT2D eigenvalue weighted by atomic mass is 10.0. The van der Waals surface area contributed by atoms with E-state index in [1.165, 1.54) is 68.0 Å². The van der Waals surface area contributed by atoms with E-state index in [-0.39, 0.29) is 24.0 Å². The molecule has 28 heavy (non-hydrogen) atoms. The Morgan fingerprint density at radius 3 is 2.46 bits per heavy atom. The molecule has 1 aliphatic carbocycles. The third kappa shape index (κ3) is 5.17. The van der Waals surface area contributed by atoms with Crippen molar-refractivity contribution in [3.05, 3.63) is 48.0 Å². The van der Waals surface area contributed by atoms with Crippen LogP contribution in [-0.4, -0.2) is 43.1 Å². The first-order chi connectivity index (χ1) is 13.3. The van der Waals surface area contributed by atoms with Crippen LogP contribution in [0.5, 0.6) is 0 Å². The van der Waals surface area contributed by atoms with Gasteiger partial charge in [-0.1, -0.05) is 55.3 Å². The van der Waals surface area contributed by atoms with Gasteiger partial charge in [0.2, 0.25) is 0 Å². The van der Waals surface area contributed by atoms with Crippen molar-refractivity contribution in [2.24, 2.45) is 4.99 Å². The Labute approximate surface area is 186 Å². The lowest BCUT2D eigenvalue weighted by molar-refractivity contribution is 0.150. The number of piperidine rings is 1. The molecule has 0 spiro atoms. The van der Waals surface area contributed by atoms with E-state index in [4.69, 9.17) is 0 Å². The first-order valence-corrected chi connectivity index (χ1v) is 10.5. The van der Waals surface area contributed by atoms with Gasteiger partial charge < -0.3 is 15.5 Å². The molecule has 1 saturated carbocycles. The van der Waals surface area contributed by atoms with Gasteiger partial charge in [0.1, 0.15) is 0 Å². The summed E-state index contributed by atoms with van der Waals surface area (Å²) in [6.45, 7) is 3.24. The van der Waals surface area contributed by atoms with Crippen LogP contribution < -0.4 is 10.6 Å². The van der Waals surface area contributed by atoms with Gasteiger partial charge in [0.25, 0.3) is 0 Å². The molecule has 2 aromatic carbocycles. The molecule has 0 aromatic heterocycles. The summed E-state index contributed by atoms with van der Waals surface area (Å²) in [4.78, 5) is 7.17. The second kappa shape index (κ2) is 10.4. The van der Waals surface area contributed by atoms with Crippen molar-refractivity contribution < 1.29 is 0 Å². The molecule has 0 atom stereocenters. The van der Waals surface area contributed by atoms with Gasteiger partial charge in [-0.05, 0) is 42.0 Å². The molecule has 2 aliphatic rings. The minimum absolute atomic E-state index is 0. The van der Waals surface area contributed by atoms with Crippen molar-refractivity contribution in [2.75, 3.05) is 20.1 Å². The van der Waals surface area contributed by atoms with Crippen molar-refractivity contribution in [3.8, 4) is 0 Å². The summed E-state index contributed by atoms with van der Waals surface area (Å²) in [7, 11) is 1.87. The largest absolute Gasteiger partial charge is 0.354 e. The third-order valence-electron chi connectivity index (χ3n) is 6.26. The number of nitrogens with zero attached hydrogens (tertiary/aromatic N) is 2. The standard InChI is InChI=1S/C23H32N4.HI/c1-24-23(25-17-19-9-6-8-18-7-2-5-12-22(18)19)26-20-13-15-27(16-14-20)21-10-3-4-11-21;/h2,5-9,12,20-21H,3-4,10-11,13-17H2,1H3,(H2,24,25,26);1H. The summed E-state index contributed by atoms with van der Waals surface area (Å²) in [5.74, 6) is 0.919. The molecule has 2 fully saturated rings. The number of guanidine groups is 1. The van der Waals surface area contributed by atoms with Crippen LogP contribution in [0.3, 0.4) is 0 Å². The highest BCUT2D eigenvalue weighted by Crippen LogP contribution is 2.26. The summed E-state index contributed by atoms with van der Waals surface area (Å²) in [6.07, 6.45) is 8.09. The van der Waals surface area contributed by atoms with Crippen LogP contribution in [0.15, 0.2) is 47.5 Å². The maximum absolute atomic E-state index is 4.45. The van der Waals surface area contributed by atoms with Crippen LogP contribution in [0.1, 0.15) is 44.1 Å². The molecule has 4 rings (SSSR count). The number of rotatable bonds is 4. The number of nitrogens with one attached hydrogen (secondary N) is 2. The maximum Gasteiger partial charge on any atom is 0.191 e. The molecule has 2 aromatic rings. The smallest absolute Gasteiger partial charge is 0.191 e. The summed E-state index contributed by atoms with van der Waals surface area (Å²) in [5, 5.41) is 9.77. The van der Waals surface area contributed by atoms with Crippen LogP contribution in [0.25, 0.3) is 10.8 Å². The molecule has 0 radical (unpaired) electrons. The minimum atomic E-state index is 0. The topological polar surface area (TPSA) is 39.7 Å². The predicted octanol–water partition coefficient (Wildman–Crippen LogP) is 4.53. The van der Waals surface area contributed by atoms with E-state index in [9.17, 15) is 0 Å². The van der Waals surface area contributed by atoms with Gasteiger partial charge in [0.05, 0.1) is 0 Å². The Morgan fingerprint density at radius 2 is 1.71 bits per heavy atom. The summed E-state index contributed by atoms with van der Waals surface area (Å²) < 4.78 is 0. The molecule has 1 aliphatic heterocycles. The number of likely N-dealkylation sites (tertiary alicyclic amines) is 1. The monoisotopic (exact) mass is 492 g/mol. The molecule has 5 heteroatoms. The molecule has 152 valence electrons. The second-order valence-corrected chi connectivity index (χ2v) is 7.96. The van der Waals surface area contributed by atoms with Crippen molar-refractivity contribution in [3.63, 3.8) is 0 Å². The number of aliphatic imine (C=N–C) groups is 1. The Morgan fingerprint density at radius 1 is 1.00 bits per heavy atom. The highest BCUT2D eigenvalue weighted by Gasteiger charge is 2.27. The van der Waals surface area contributed by atoms with E-state index in [1.807, 2.05) is 7.05 Å². The molecule has 4 nitrogen and oxygen atoms in total. The van der Waals surface area contributed by atoms with Gasteiger partial charge >= 0.3 is 0 Å². The van der Waals surface area contributed by atoms with Crippen LogP contribution >= 0.6 is 24.0 Å². The van der Waals surface area contributed by atoms with Crippen LogP contribution in [0.4, 0.5) is 0 Å². The Kier molecular flexibility index (Phi) is 7.97. The average molecular weight is 492 g/mol. The van der Waals surface area contributed by atoms with Crippen LogP contribution in [0, 0.1) is 0 Å². The number of hydrogen-bond acceptors (Lipinski definition) is 2. The van der Waals surface area contributed by atoms with E-state index < -0.39 is 0 Å². The van der Waals surface area contributed by atoms with E-state index in [0.717, 1.165) is 18.5 Å². The third-order valence-corrected chi connectivity index (χ3v) is 6.26. The van der Waals surface area contributed by atoms with Crippen molar-refractivity contribution in [1.29, 1.82) is 0 Å². The highest BCUT2D eigenvalue weighted by atomic mass is 127. The average Bonchev–Trinajstić information content (AvgIpc) is 3.26. The lowest BCUT2D eigenvalue weighted by Crippen LogP contribution is -2.50. The number of benzene rings is 2. The van der Waals surface area contributed by atoms with E-state index in [1.54, 1.807) is 0 Å². The van der Waals surface area contributed by atoms with Gasteiger partial charge in [-0.15, -0.1) is 24.0 Å². The molecule has 0 amide bonds. The molecular weight excluding hydrogens is 459 g/mol. The fourth-order valence-corrected chi connectivity index (χ4v) is 4.69. The molecule has 1 saturated heterocycles. The van der Waals surface area contributed by atoms with Crippen LogP contribution in [-0.2, 0) is 6.54 Å². The summed E-state index contributed by atoms with van der Waals surface area (Å²) >= 11 is 0. The van der Waals surface area contributed by atoms with Crippen molar-refractivity contribution in [1.82, 2.24) is 15.5 Å². The second-order valence-electron chi connectivity index (χ2n) is 7.96. The first kappa shape index (κ1) is 21.4. The van der Waals surface area contributed by atoms with Gasteiger partial charge in [-0.25, -0.2) is 0 Å². The van der Waals surface area contributed by atoms with E-state index >= 15 is 0 Å². The SMILES string of the molecule is CN=C(NCc1cccc2ccccc12)NC1CCN(C2CCCC2)CC1.I. The summed E-state index contributed by atoms with van der Waals surface area (Å²) in [5.41, 5.74) is 1.31. The van der Waals surface area contributed by atoms with Crippen molar-refractivity contribution in [2.45, 2.75) is 57.2 Å². The predicted molar refractivity (Wildman–Crippen MR) is 130 cm³/mol. The fourth-order valence-electron chi connectivity index (χ4n) is 4.69. The zero-order valence-corrected chi connectivity index (χ0v) is 19.2. The van der Waals surface area contributed by atoms with Gasteiger partial charge in [-0.3, -0.25) is 4.99 Å². The normalized spacial score (nSPS) is 19.5. The lowest BCUT2D eigenvalue weighted by Gasteiger charge is -2.36. The number of fused-ring (bicyclic) bond motifs is 1. The van der Waals surface area contributed by atoms with Crippen LogP contribution in [0.2, 0.25) is 0 Å². The molecular formula is C23H33IN4. The van der Waals surface area contributed by atoms with Gasteiger partial charge in [0, 0.05) is 38.8 Å².